The second-order valence-corrected chi connectivity index (χ2v) is 5.73. The van der Waals surface area contributed by atoms with E-state index in [4.69, 9.17) is 9.47 Å². The summed E-state index contributed by atoms with van der Waals surface area (Å²) in [7, 11) is 5.75. The van der Waals surface area contributed by atoms with Gasteiger partial charge in [-0.25, -0.2) is 4.98 Å². The maximum Gasteiger partial charge on any atom is 0.183 e. The third-order valence-electron chi connectivity index (χ3n) is 2.80. The molecule has 0 radical (unpaired) electrons. The number of nitrogens with zero attached hydrogens (tertiary/aromatic N) is 2. The quantitative estimate of drug-likeness (QED) is 0.757. The molecule has 0 atom stereocenters. The first-order valence-electron chi connectivity index (χ1n) is 6.60. The molecule has 1 aromatic carbocycles. The monoisotopic (exact) mass is 295 g/mol. The van der Waals surface area contributed by atoms with E-state index < -0.39 is 0 Å². The van der Waals surface area contributed by atoms with E-state index in [-0.39, 0.29) is 0 Å². The van der Waals surface area contributed by atoms with E-state index in [1.165, 1.54) is 0 Å². The number of methoxy groups -OCH3 is 1. The number of hydrogen-bond acceptors (Lipinski definition) is 6. The second-order valence-electron chi connectivity index (χ2n) is 4.70. The summed E-state index contributed by atoms with van der Waals surface area (Å²) in [6, 6.07) is 5.91. The maximum absolute atomic E-state index is 5.53. The Bertz CT molecular complexity index is 542. The predicted molar refractivity (Wildman–Crippen MR) is 84.0 cm³/mol. The fourth-order valence-electron chi connectivity index (χ4n) is 1.69. The highest BCUT2D eigenvalue weighted by molar-refractivity contribution is 7.22. The first kappa shape index (κ1) is 15.0. The molecule has 6 heteroatoms. The SMILES string of the molecule is COc1ccc2nc(NCCOCCN(C)C)sc2c1. The van der Waals surface area contributed by atoms with E-state index in [1.54, 1.807) is 18.4 Å². The Morgan fingerprint density at radius 2 is 2.15 bits per heavy atom. The molecule has 2 rings (SSSR count). The molecule has 1 heterocycles. The van der Waals surface area contributed by atoms with Crippen LogP contribution >= 0.6 is 11.3 Å². The van der Waals surface area contributed by atoms with Gasteiger partial charge in [-0.1, -0.05) is 11.3 Å². The van der Waals surface area contributed by atoms with Crippen LogP contribution in [-0.4, -0.2) is 57.4 Å². The van der Waals surface area contributed by atoms with Crippen molar-refractivity contribution in [1.82, 2.24) is 9.88 Å². The van der Waals surface area contributed by atoms with Crippen LogP contribution in [0.25, 0.3) is 10.2 Å². The van der Waals surface area contributed by atoms with Crippen molar-refractivity contribution in [2.24, 2.45) is 0 Å². The average molecular weight is 295 g/mol. The van der Waals surface area contributed by atoms with Gasteiger partial charge in [0.15, 0.2) is 5.13 Å². The number of aromatic nitrogens is 1. The molecule has 20 heavy (non-hydrogen) atoms. The Morgan fingerprint density at radius 3 is 2.90 bits per heavy atom. The van der Waals surface area contributed by atoms with E-state index in [0.29, 0.717) is 6.61 Å². The molecular formula is C14H21N3O2S. The summed E-state index contributed by atoms with van der Waals surface area (Å²) in [6.07, 6.45) is 0. The van der Waals surface area contributed by atoms with E-state index in [0.717, 1.165) is 40.8 Å². The molecule has 0 fully saturated rings. The molecule has 2 aromatic rings. The lowest BCUT2D eigenvalue weighted by atomic mass is 10.3. The minimum absolute atomic E-state index is 0.688. The molecule has 0 bridgehead atoms. The minimum atomic E-state index is 0.688. The number of nitrogens with one attached hydrogen (secondary N) is 1. The first-order valence-corrected chi connectivity index (χ1v) is 7.41. The van der Waals surface area contributed by atoms with Gasteiger partial charge in [-0.3, -0.25) is 0 Å². The van der Waals surface area contributed by atoms with E-state index >= 15 is 0 Å². The summed E-state index contributed by atoms with van der Waals surface area (Å²) < 4.78 is 11.9. The highest BCUT2D eigenvalue weighted by Gasteiger charge is 2.04. The molecule has 0 aliphatic rings. The Morgan fingerprint density at radius 1 is 1.30 bits per heavy atom. The van der Waals surface area contributed by atoms with Crippen molar-refractivity contribution in [3.63, 3.8) is 0 Å². The molecule has 0 aliphatic heterocycles. The number of hydrogen-bond donors (Lipinski definition) is 1. The zero-order valence-electron chi connectivity index (χ0n) is 12.2. The zero-order chi connectivity index (χ0) is 14.4. The summed E-state index contributed by atoms with van der Waals surface area (Å²) >= 11 is 1.63. The molecule has 0 saturated heterocycles. The minimum Gasteiger partial charge on any atom is -0.497 e. The number of likely N-dealkylation sites (N-methyl/N-ethyl adjacent to an activating group) is 1. The third kappa shape index (κ3) is 4.33. The van der Waals surface area contributed by atoms with Crippen LogP contribution in [0.1, 0.15) is 0 Å². The fraction of sp³-hybridized carbons (Fsp3) is 0.500. The van der Waals surface area contributed by atoms with Gasteiger partial charge in [0.1, 0.15) is 5.75 Å². The number of benzene rings is 1. The third-order valence-corrected chi connectivity index (χ3v) is 3.78. The maximum atomic E-state index is 5.53. The van der Waals surface area contributed by atoms with Crippen LogP contribution in [0.4, 0.5) is 5.13 Å². The van der Waals surface area contributed by atoms with Gasteiger partial charge in [-0.05, 0) is 32.3 Å². The molecule has 0 unspecified atom stereocenters. The average Bonchev–Trinajstić information content (AvgIpc) is 2.83. The van der Waals surface area contributed by atoms with Crippen molar-refractivity contribution < 1.29 is 9.47 Å². The molecule has 0 aliphatic carbocycles. The standard InChI is InChI=1S/C14H21N3O2S/c1-17(2)7-9-19-8-6-15-14-16-12-5-4-11(18-3)10-13(12)20-14/h4-5,10H,6-9H2,1-3H3,(H,15,16). The molecule has 0 spiro atoms. The van der Waals surface area contributed by atoms with E-state index in [1.807, 2.05) is 32.3 Å². The van der Waals surface area contributed by atoms with Crippen LogP contribution in [0, 0.1) is 0 Å². The van der Waals surface area contributed by atoms with Crippen molar-refractivity contribution >= 4 is 26.7 Å². The van der Waals surface area contributed by atoms with Gasteiger partial charge in [0.25, 0.3) is 0 Å². The predicted octanol–water partition coefficient (Wildman–Crippen LogP) is 2.29. The summed E-state index contributed by atoms with van der Waals surface area (Å²) in [5.74, 6) is 0.861. The van der Waals surface area contributed by atoms with Crippen LogP contribution in [-0.2, 0) is 4.74 Å². The van der Waals surface area contributed by atoms with Crippen molar-refractivity contribution in [1.29, 1.82) is 0 Å². The van der Waals surface area contributed by atoms with Crippen molar-refractivity contribution in [2.75, 3.05) is 52.8 Å². The molecule has 0 amide bonds. The van der Waals surface area contributed by atoms with Crippen LogP contribution in [0.2, 0.25) is 0 Å². The molecular weight excluding hydrogens is 274 g/mol. The van der Waals surface area contributed by atoms with Crippen LogP contribution in [0.15, 0.2) is 18.2 Å². The Labute approximate surface area is 123 Å². The molecule has 0 saturated carbocycles. The largest absolute Gasteiger partial charge is 0.497 e. The van der Waals surface area contributed by atoms with Gasteiger partial charge in [-0.15, -0.1) is 0 Å². The van der Waals surface area contributed by atoms with Gasteiger partial charge < -0.3 is 19.7 Å². The first-order chi connectivity index (χ1) is 9.69. The molecule has 1 N–H and O–H groups in total. The summed E-state index contributed by atoms with van der Waals surface area (Å²) in [4.78, 5) is 6.63. The van der Waals surface area contributed by atoms with Gasteiger partial charge in [-0.2, -0.15) is 0 Å². The van der Waals surface area contributed by atoms with Gasteiger partial charge in [0.05, 0.1) is 30.5 Å². The highest BCUT2D eigenvalue weighted by Crippen LogP contribution is 2.28. The number of thiazole rings is 1. The zero-order valence-corrected chi connectivity index (χ0v) is 13.0. The normalized spacial score (nSPS) is 11.2. The van der Waals surface area contributed by atoms with Gasteiger partial charge in [0.2, 0.25) is 0 Å². The molecule has 5 nitrogen and oxygen atoms in total. The van der Waals surface area contributed by atoms with E-state index in [9.17, 15) is 0 Å². The lowest BCUT2D eigenvalue weighted by Gasteiger charge is -2.09. The van der Waals surface area contributed by atoms with Gasteiger partial charge in [0, 0.05) is 13.1 Å². The number of anilines is 1. The van der Waals surface area contributed by atoms with Gasteiger partial charge >= 0.3 is 0 Å². The van der Waals surface area contributed by atoms with Crippen molar-refractivity contribution in [2.45, 2.75) is 0 Å². The topological polar surface area (TPSA) is 46.6 Å². The van der Waals surface area contributed by atoms with Crippen LogP contribution in [0.3, 0.4) is 0 Å². The Kier molecular flexibility index (Phi) is 5.58. The number of fused-ring (bicyclic) bond motifs is 1. The summed E-state index contributed by atoms with van der Waals surface area (Å²) in [6.45, 7) is 3.16. The van der Waals surface area contributed by atoms with Crippen LogP contribution < -0.4 is 10.1 Å². The summed E-state index contributed by atoms with van der Waals surface area (Å²) in [5, 5.41) is 4.21. The van der Waals surface area contributed by atoms with Crippen molar-refractivity contribution in [3.05, 3.63) is 18.2 Å². The number of ether oxygens (including phenoxy) is 2. The smallest absolute Gasteiger partial charge is 0.183 e. The van der Waals surface area contributed by atoms with Crippen molar-refractivity contribution in [3.8, 4) is 5.75 Å². The summed E-state index contributed by atoms with van der Waals surface area (Å²) in [5.41, 5.74) is 0.992. The fourth-order valence-corrected chi connectivity index (χ4v) is 2.61. The highest BCUT2D eigenvalue weighted by atomic mass is 32.1. The lowest BCUT2D eigenvalue weighted by molar-refractivity contribution is 0.126. The second kappa shape index (κ2) is 7.42. The molecule has 1 aromatic heterocycles. The lowest BCUT2D eigenvalue weighted by Crippen LogP contribution is -2.19. The Balaban J connectivity index is 1.78. The van der Waals surface area contributed by atoms with E-state index in [2.05, 4.69) is 15.2 Å². The Hall–Kier alpha value is -1.37. The number of rotatable bonds is 8. The molecule has 110 valence electrons. The van der Waals surface area contributed by atoms with Crippen LogP contribution in [0.5, 0.6) is 5.75 Å².